The lowest BCUT2D eigenvalue weighted by Crippen LogP contribution is -2.46. The van der Waals surface area contributed by atoms with Crippen molar-refractivity contribution in [3.8, 4) is 0 Å². The molecular weight excluding hydrogens is 276 g/mol. The highest BCUT2D eigenvalue weighted by molar-refractivity contribution is 6.32. The van der Waals surface area contributed by atoms with Crippen LogP contribution in [0.15, 0.2) is 6.20 Å². The van der Waals surface area contributed by atoms with Gasteiger partial charge in [-0.3, -0.25) is 0 Å². The van der Waals surface area contributed by atoms with Gasteiger partial charge in [0.1, 0.15) is 5.02 Å². The van der Waals surface area contributed by atoms with Gasteiger partial charge in [0.05, 0.1) is 18.3 Å². The summed E-state index contributed by atoms with van der Waals surface area (Å²) in [4.78, 5) is 8.53. The van der Waals surface area contributed by atoms with E-state index >= 15 is 0 Å². The molecule has 112 valence electrons. The predicted molar refractivity (Wildman–Crippen MR) is 82.3 cm³/mol. The highest BCUT2D eigenvalue weighted by atomic mass is 35.5. The smallest absolute Gasteiger partial charge is 0.224 e. The highest BCUT2D eigenvalue weighted by Gasteiger charge is 2.35. The van der Waals surface area contributed by atoms with Crippen LogP contribution in [0.1, 0.15) is 39.5 Å². The quantitative estimate of drug-likeness (QED) is 0.780. The Labute approximate surface area is 125 Å². The van der Waals surface area contributed by atoms with Crippen molar-refractivity contribution < 1.29 is 5.11 Å². The van der Waals surface area contributed by atoms with Gasteiger partial charge in [-0.25, -0.2) is 4.98 Å². The first-order valence-corrected chi connectivity index (χ1v) is 7.62. The maximum atomic E-state index is 9.82. The van der Waals surface area contributed by atoms with Gasteiger partial charge in [-0.2, -0.15) is 4.98 Å². The van der Waals surface area contributed by atoms with Crippen molar-refractivity contribution in [1.82, 2.24) is 9.97 Å². The molecule has 3 N–H and O–H groups in total. The molecule has 5 nitrogen and oxygen atoms in total. The van der Waals surface area contributed by atoms with E-state index in [1.165, 1.54) is 6.42 Å². The van der Waals surface area contributed by atoms with Crippen LogP contribution >= 0.6 is 11.6 Å². The van der Waals surface area contributed by atoms with Gasteiger partial charge in [0, 0.05) is 6.54 Å². The van der Waals surface area contributed by atoms with E-state index in [0.717, 1.165) is 25.8 Å². The molecule has 6 heteroatoms. The van der Waals surface area contributed by atoms with Crippen molar-refractivity contribution in [3.63, 3.8) is 0 Å². The third-order valence-electron chi connectivity index (χ3n) is 3.86. The van der Waals surface area contributed by atoms with E-state index in [0.29, 0.717) is 22.7 Å². The van der Waals surface area contributed by atoms with Gasteiger partial charge in [0.25, 0.3) is 0 Å². The number of halogens is 1. The summed E-state index contributed by atoms with van der Waals surface area (Å²) in [6, 6.07) is 0. The van der Waals surface area contributed by atoms with Gasteiger partial charge < -0.3 is 15.7 Å². The monoisotopic (exact) mass is 298 g/mol. The first-order chi connectivity index (χ1) is 9.58. The van der Waals surface area contributed by atoms with Gasteiger partial charge in [-0.05, 0) is 25.7 Å². The Balaban J connectivity index is 2.20. The van der Waals surface area contributed by atoms with Crippen molar-refractivity contribution in [2.24, 2.45) is 5.92 Å². The van der Waals surface area contributed by atoms with Crippen molar-refractivity contribution in [2.45, 2.75) is 45.1 Å². The summed E-state index contributed by atoms with van der Waals surface area (Å²) in [5.74, 6) is 1.74. The number of aliphatic hydroxyl groups is 1. The molecule has 1 aromatic rings. The molecule has 0 aliphatic heterocycles. The van der Waals surface area contributed by atoms with Crippen molar-refractivity contribution in [2.75, 3.05) is 23.8 Å². The summed E-state index contributed by atoms with van der Waals surface area (Å²) in [7, 11) is 0. The maximum Gasteiger partial charge on any atom is 0.224 e. The van der Waals surface area contributed by atoms with E-state index in [2.05, 4.69) is 27.5 Å². The summed E-state index contributed by atoms with van der Waals surface area (Å²) < 4.78 is 0. The molecule has 0 bridgehead atoms. The van der Waals surface area contributed by atoms with Gasteiger partial charge >= 0.3 is 0 Å². The summed E-state index contributed by atoms with van der Waals surface area (Å²) >= 11 is 6.17. The standard InChI is InChI=1S/C14H23ClN4O/c1-3-16-13-17-8-11(15)12(18-13)19-14(9-20)6-4-5-10(2)7-14/h8,10,20H,3-7,9H2,1-2H3,(H2,16,17,18,19). The van der Waals surface area contributed by atoms with Crippen molar-refractivity contribution in [3.05, 3.63) is 11.2 Å². The van der Waals surface area contributed by atoms with Crippen LogP contribution in [0.3, 0.4) is 0 Å². The lowest BCUT2D eigenvalue weighted by molar-refractivity contribution is 0.149. The zero-order chi connectivity index (χ0) is 14.6. The van der Waals surface area contributed by atoms with Gasteiger partial charge in [-0.15, -0.1) is 0 Å². The van der Waals surface area contributed by atoms with Crippen molar-refractivity contribution in [1.29, 1.82) is 0 Å². The Bertz CT molecular complexity index is 457. The van der Waals surface area contributed by atoms with Crippen LogP contribution in [-0.4, -0.2) is 33.8 Å². The molecule has 0 aromatic carbocycles. The molecule has 2 rings (SSSR count). The summed E-state index contributed by atoms with van der Waals surface area (Å²) in [5, 5.41) is 16.7. The fraction of sp³-hybridized carbons (Fsp3) is 0.714. The van der Waals surface area contributed by atoms with Crippen molar-refractivity contribution >= 4 is 23.4 Å². The minimum atomic E-state index is -0.320. The lowest BCUT2D eigenvalue weighted by atomic mass is 9.77. The molecule has 0 radical (unpaired) electrons. The number of hydrogen-bond donors (Lipinski definition) is 3. The molecule has 1 aromatic heterocycles. The minimum Gasteiger partial charge on any atom is -0.394 e. The second-order valence-electron chi connectivity index (χ2n) is 5.69. The summed E-state index contributed by atoms with van der Waals surface area (Å²) in [5.41, 5.74) is -0.320. The first-order valence-electron chi connectivity index (χ1n) is 7.24. The molecule has 1 aliphatic carbocycles. The number of hydrogen-bond acceptors (Lipinski definition) is 5. The number of nitrogens with zero attached hydrogens (tertiary/aromatic N) is 2. The Morgan fingerprint density at radius 1 is 1.55 bits per heavy atom. The topological polar surface area (TPSA) is 70.1 Å². The molecule has 1 saturated carbocycles. The van der Waals surface area contributed by atoms with E-state index in [4.69, 9.17) is 11.6 Å². The molecule has 1 aliphatic rings. The highest BCUT2D eigenvalue weighted by Crippen LogP contribution is 2.35. The number of rotatable bonds is 5. The van der Waals surface area contributed by atoms with E-state index in [9.17, 15) is 5.11 Å². The fourth-order valence-electron chi connectivity index (χ4n) is 2.91. The molecule has 0 amide bonds. The molecule has 0 spiro atoms. The van der Waals surface area contributed by atoms with Gasteiger partial charge in [0.15, 0.2) is 5.82 Å². The number of nitrogens with one attached hydrogen (secondary N) is 2. The van der Waals surface area contributed by atoms with Crippen LogP contribution in [0.25, 0.3) is 0 Å². The van der Waals surface area contributed by atoms with Gasteiger partial charge in [0.2, 0.25) is 5.95 Å². The second-order valence-corrected chi connectivity index (χ2v) is 6.09. The Morgan fingerprint density at radius 3 is 3.00 bits per heavy atom. The second kappa shape index (κ2) is 6.59. The van der Waals surface area contributed by atoms with Crippen LogP contribution in [0, 0.1) is 5.92 Å². The maximum absolute atomic E-state index is 9.82. The zero-order valence-corrected chi connectivity index (χ0v) is 12.9. The Kier molecular flexibility index (Phi) is 5.05. The van der Waals surface area contributed by atoms with Crippen LogP contribution in [-0.2, 0) is 0 Å². The number of aliphatic hydroxyl groups excluding tert-OH is 1. The molecule has 2 atom stereocenters. The molecule has 1 heterocycles. The minimum absolute atomic E-state index is 0.0915. The molecule has 20 heavy (non-hydrogen) atoms. The SMILES string of the molecule is CCNc1ncc(Cl)c(NC2(CO)CCCC(C)C2)n1. The largest absolute Gasteiger partial charge is 0.394 e. The molecule has 0 saturated heterocycles. The average molecular weight is 299 g/mol. The Hall–Kier alpha value is -1.07. The van der Waals surface area contributed by atoms with E-state index in [1.54, 1.807) is 6.20 Å². The lowest BCUT2D eigenvalue weighted by Gasteiger charge is -2.40. The van der Waals surface area contributed by atoms with Crippen LogP contribution in [0.5, 0.6) is 0 Å². The van der Waals surface area contributed by atoms with E-state index in [1.807, 2.05) is 6.92 Å². The van der Waals surface area contributed by atoms with Crippen LogP contribution in [0.2, 0.25) is 5.02 Å². The number of aromatic nitrogens is 2. The average Bonchev–Trinajstić information content (AvgIpc) is 2.43. The van der Waals surface area contributed by atoms with E-state index < -0.39 is 0 Å². The zero-order valence-electron chi connectivity index (χ0n) is 12.1. The summed E-state index contributed by atoms with van der Waals surface area (Å²) in [6.45, 7) is 5.05. The van der Waals surface area contributed by atoms with Crippen LogP contribution in [0.4, 0.5) is 11.8 Å². The third-order valence-corrected chi connectivity index (χ3v) is 4.13. The first kappa shape index (κ1) is 15.3. The normalized spacial score (nSPS) is 26.3. The third kappa shape index (κ3) is 3.52. The van der Waals surface area contributed by atoms with E-state index in [-0.39, 0.29) is 12.1 Å². The predicted octanol–water partition coefficient (Wildman–Crippen LogP) is 2.91. The van der Waals surface area contributed by atoms with Crippen LogP contribution < -0.4 is 10.6 Å². The molecule has 1 fully saturated rings. The van der Waals surface area contributed by atoms with Gasteiger partial charge in [-0.1, -0.05) is 31.4 Å². The Morgan fingerprint density at radius 2 is 2.35 bits per heavy atom. The number of anilines is 2. The molecular formula is C14H23ClN4O. The summed E-state index contributed by atoms with van der Waals surface area (Å²) in [6.07, 6.45) is 5.78. The molecule has 2 unspecified atom stereocenters. The fourth-order valence-corrected chi connectivity index (χ4v) is 3.04.